The summed E-state index contributed by atoms with van der Waals surface area (Å²) < 4.78 is 2.02. The van der Waals surface area contributed by atoms with Gasteiger partial charge in [-0.15, -0.1) is 0 Å². The number of carbonyl (C=O) groups is 1. The number of aromatic amines is 1. The molecule has 0 unspecified atom stereocenters. The van der Waals surface area contributed by atoms with Gasteiger partial charge in [0.1, 0.15) is 0 Å². The molecular weight excluding hydrogens is 262 g/mol. The Hall–Kier alpha value is -2.49. The second-order valence-corrected chi connectivity index (χ2v) is 5.32. The molecule has 21 heavy (non-hydrogen) atoms. The van der Waals surface area contributed by atoms with Crippen LogP contribution in [0.15, 0.2) is 48.9 Å². The zero-order valence-electron chi connectivity index (χ0n) is 12.1. The number of aromatic nitrogens is 2. The zero-order valence-corrected chi connectivity index (χ0v) is 12.1. The number of fused-ring (bicyclic) bond motifs is 1. The molecular formula is C17H19N3O. The summed E-state index contributed by atoms with van der Waals surface area (Å²) in [7, 11) is 2.00. The minimum atomic E-state index is 0.0654. The SMILES string of the molecule is Cn1ccc(CCNC(=O)Cc2c[nH]c3ccccc23)c1. The number of nitrogens with one attached hydrogen (secondary N) is 2. The third-order valence-electron chi connectivity index (χ3n) is 3.65. The van der Waals surface area contributed by atoms with Gasteiger partial charge in [0.05, 0.1) is 6.42 Å². The first-order valence-corrected chi connectivity index (χ1v) is 7.15. The summed E-state index contributed by atoms with van der Waals surface area (Å²) >= 11 is 0. The molecule has 0 fully saturated rings. The molecule has 2 heterocycles. The van der Waals surface area contributed by atoms with Gasteiger partial charge in [0, 0.05) is 43.1 Å². The van der Waals surface area contributed by atoms with E-state index in [2.05, 4.69) is 22.6 Å². The largest absolute Gasteiger partial charge is 0.361 e. The average molecular weight is 281 g/mol. The van der Waals surface area contributed by atoms with Crippen molar-refractivity contribution in [2.45, 2.75) is 12.8 Å². The highest BCUT2D eigenvalue weighted by molar-refractivity contribution is 5.88. The third-order valence-corrected chi connectivity index (χ3v) is 3.65. The number of para-hydroxylation sites is 1. The van der Waals surface area contributed by atoms with Crippen LogP contribution in [0.4, 0.5) is 0 Å². The van der Waals surface area contributed by atoms with Crippen LogP contribution in [0.5, 0.6) is 0 Å². The van der Waals surface area contributed by atoms with Gasteiger partial charge in [-0.25, -0.2) is 0 Å². The molecule has 3 aromatic rings. The van der Waals surface area contributed by atoms with E-state index in [1.165, 1.54) is 5.56 Å². The van der Waals surface area contributed by atoms with Crippen molar-refractivity contribution >= 4 is 16.8 Å². The number of carbonyl (C=O) groups excluding carboxylic acids is 1. The van der Waals surface area contributed by atoms with Gasteiger partial charge < -0.3 is 14.9 Å². The van der Waals surface area contributed by atoms with Crippen LogP contribution in [-0.4, -0.2) is 22.0 Å². The maximum Gasteiger partial charge on any atom is 0.224 e. The van der Waals surface area contributed by atoms with Crippen LogP contribution < -0.4 is 5.32 Å². The highest BCUT2D eigenvalue weighted by Crippen LogP contribution is 2.17. The Labute approximate surface area is 123 Å². The van der Waals surface area contributed by atoms with Crippen LogP contribution in [0.3, 0.4) is 0 Å². The van der Waals surface area contributed by atoms with Crippen LogP contribution in [0.1, 0.15) is 11.1 Å². The van der Waals surface area contributed by atoms with E-state index in [4.69, 9.17) is 0 Å². The van der Waals surface area contributed by atoms with E-state index in [9.17, 15) is 4.79 Å². The predicted molar refractivity (Wildman–Crippen MR) is 84.1 cm³/mol. The molecule has 2 N–H and O–H groups in total. The molecule has 108 valence electrons. The van der Waals surface area contributed by atoms with Crippen molar-refractivity contribution in [3.8, 4) is 0 Å². The minimum absolute atomic E-state index is 0.0654. The quantitative estimate of drug-likeness (QED) is 0.741. The summed E-state index contributed by atoms with van der Waals surface area (Å²) in [4.78, 5) is 15.2. The zero-order chi connectivity index (χ0) is 14.7. The predicted octanol–water partition coefficient (Wildman–Crippen LogP) is 2.41. The van der Waals surface area contributed by atoms with Crippen molar-refractivity contribution in [2.24, 2.45) is 7.05 Å². The van der Waals surface area contributed by atoms with E-state index < -0.39 is 0 Å². The van der Waals surface area contributed by atoms with Crippen molar-refractivity contribution in [3.05, 3.63) is 60.0 Å². The molecule has 0 spiro atoms. The number of hydrogen-bond donors (Lipinski definition) is 2. The van der Waals surface area contributed by atoms with Gasteiger partial charge in [0.25, 0.3) is 0 Å². The van der Waals surface area contributed by atoms with Crippen LogP contribution in [0.2, 0.25) is 0 Å². The Morgan fingerprint density at radius 1 is 1.29 bits per heavy atom. The fourth-order valence-electron chi connectivity index (χ4n) is 2.57. The second-order valence-electron chi connectivity index (χ2n) is 5.32. The number of amides is 1. The summed E-state index contributed by atoms with van der Waals surface area (Å²) in [6, 6.07) is 10.1. The van der Waals surface area contributed by atoms with Gasteiger partial charge in [-0.05, 0) is 29.7 Å². The summed E-state index contributed by atoms with van der Waals surface area (Å²) in [5, 5.41) is 4.10. The van der Waals surface area contributed by atoms with Gasteiger partial charge in [-0.2, -0.15) is 0 Å². The molecule has 0 bridgehead atoms. The normalized spacial score (nSPS) is 10.9. The van der Waals surface area contributed by atoms with Crippen LogP contribution in [0.25, 0.3) is 10.9 Å². The molecule has 2 aromatic heterocycles. The van der Waals surface area contributed by atoms with Gasteiger partial charge in [-0.1, -0.05) is 18.2 Å². The lowest BCUT2D eigenvalue weighted by Gasteiger charge is -2.04. The lowest BCUT2D eigenvalue weighted by atomic mass is 10.1. The highest BCUT2D eigenvalue weighted by atomic mass is 16.1. The number of aryl methyl sites for hydroxylation is 1. The van der Waals surface area contributed by atoms with E-state index in [0.29, 0.717) is 13.0 Å². The minimum Gasteiger partial charge on any atom is -0.361 e. The van der Waals surface area contributed by atoms with Crippen LogP contribution in [-0.2, 0) is 24.7 Å². The fraction of sp³-hybridized carbons (Fsp3) is 0.235. The molecule has 1 amide bonds. The van der Waals surface area contributed by atoms with E-state index in [1.807, 2.05) is 48.3 Å². The van der Waals surface area contributed by atoms with Gasteiger partial charge in [0.15, 0.2) is 0 Å². The molecule has 0 aliphatic rings. The maximum atomic E-state index is 12.0. The fourth-order valence-corrected chi connectivity index (χ4v) is 2.57. The number of nitrogens with zero attached hydrogens (tertiary/aromatic N) is 1. The first kappa shape index (κ1) is 13.5. The Morgan fingerprint density at radius 2 is 2.14 bits per heavy atom. The van der Waals surface area contributed by atoms with E-state index >= 15 is 0 Å². The average Bonchev–Trinajstić information content (AvgIpc) is 3.06. The van der Waals surface area contributed by atoms with Crippen molar-refractivity contribution in [3.63, 3.8) is 0 Å². The monoisotopic (exact) mass is 281 g/mol. The number of hydrogen-bond acceptors (Lipinski definition) is 1. The summed E-state index contributed by atoms with van der Waals surface area (Å²) in [6.07, 6.45) is 7.29. The summed E-state index contributed by atoms with van der Waals surface area (Å²) in [5.41, 5.74) is 3.36. The number of benzene rings is 1. The van der Waals surface area contributed by atoms with Crippen molar-refractivity contribution in [1.29, 1.82) is 0 Å². The van der Waals surface area contributed by atoms with Gasteiger partial charge in [-0.3, -0.25) is 4.79 Å². The van der Waals surface area contributed by atoms with E-state index in [1.54, 1.807) is 0 Å². The highest BCUT2D eigenvalue weighted by Gasteiger charge is 2.08. The molecule has 0 atom stereocenters. The molecule has 0 saturated heterocycles. The van der Waals surface area contributed by atoms with E-state index in [-0.39, 0.29) is 5.91 Å². The van der Waals surface area contributed by atoms with Crippen molar-refractivity contribution in [1.82, 2.24) is 14.9 Å². The van der Waals surface area contributed by atoms with Crippen molar-refractivity contribution < 1.29 is 4.79 Å². The molecule has 4 nitrogen and oxygen atoms in total. The van der Waals surface area contributed by atoms with Gasteiger partial charge >= 0.3 is 0 Å². The van der Waals surface area contributed by atoms with E-state index in [0.717, 1.165) is 22.9 Å². The smallest absolute Gasteiger partial charge is 0.224 e. The second kappa shape index (κ2) is 5.87. The molecule has 1 aromatic carbocycles. The first-order valence-electron chi connectivity index (χ1n) is 7.15. The maximum absolute atomic E-state index is 12.0. The molecule has 0 radical (unpaired) electrons. The standard InChI is InChI=1S/C17H19N3O/c1-20-9-7-13(12-20)6-8-18-17(21)10-14-11-19-16-5-3-2-4-15(14)16/h2-5,7,9,11-12,19H,6,8,10H2,1H3,(H,18,21). The lowest BCUT2D eigenvalue weighted by Crippen LogP contribution is -2.27. The van der Waals surface area contributed by atoms with Crippen LogP contribution in [0, 0.1) is 0 Å². The summed E-state index contributed by atoms with van der Waals surface area (Å²) in [6.45, 7) is 0.672. The Bertz CT molecular complexity index is 754. The Balaban J connectivity index is 1.54. The number of H-pyrrole nitrogens is 1. The molecule has 4 heteroatoms. The molecule has 0 aliphatic heterocycles. The third kappa shape index (κ3) is 3.16. The summed E-state index contributed by atoms with van der Waals surface area (Å²) in [5.74, 6) is 0.0654. The Kier molecular flexibility index (Phi) is 3.77. The number of rotatable bonds is 5. The van der Waals surface area contributed by atoms with Crippen LogP contribution >= 0.6 is 0 Å². The molecule has 0 aliphatic carbocycles. The topological polar surface area (TPSA) is 49.8 Å². The molecule has 0 saturated carbocycles. The van der Waals surface area contributed by atoms with Crippen molar-refractivity contribution in [2.75, 3.05) is 6.54 Å². The molecule has 3 rings (SSSR count). The first-order chi connectivity index (χ1) is 10.2. The lowest BCUT2D eigenvalue weighted by molar-refractivity contribution is -0.120. The van der Waals surface area contributed by atoms with Gasteiger partial charge in [0.2, 0.25) is 5.91 Å². The Morgan fingerprint density at radius 3 is 2.95 bits per heavy atom.